The number of unbranched alkanes of at least 4 members (excludes halogenated alkanes) is 2. The van der Waals surface area contributed by atoms with Crippen LogP contribution in [-0.2, 0) is 20.6 Å². The number of carbonyl (C=O) groups is 5. The number of halogens is 4. The first-order valence-corrected chi connectivity index (χ1v) is 28.1. The SMILES string of the molecule is Cc1cc(C(C(=O)N2C[C@H](O)C[C@H]2C(=O)NC(CC(=O)NCCCCCNC(=O)c2ccc(F)c(-c3ccc(N4C[C@@H](C)N(C)[C@@H](C)C4)c(NC(=O)c4c[nH]c(=O)cc4C(F)(F)F)c3)c2)c2ccc(-c3scnc3C)cc2)C(C)C)on1. The normalized spacial score (nSPS) is 18.3. The first-order chi connectivity index (χ1) is 39.0. The van der Waals surface area contributed by atoms with Crippen LogP contribution in [0.15, 0.2) is 93.8 Å². The number of aliphatic hydroxyl groups is 1. The van der Waals surface area contributed by atoms with E-state index in [2.05, 4.69) is 41.3 Å². The maximum Gasteiger partial charge on any atom is 0.417 e. The van der Waals surface area contributed by atoms with Crippen LogP contribution < -0.4 is 31.7 Å². The topological polar surface area (TPSA) is 235 Å². The number of anilines is 2. The Balaban J connectivity index is 0.886. The highest BCUT2D eigenvalue weighted by Gasteiger charge is 2.44. The number of alkyl halides is 3. The number of carbonyl (C=O) groups excluding carboxylic acids is 5. The molecule has 5 heterocycles. The molecule has 0 bridgehead atoms. The number of likely N-dealkylation sites (tertiary alicyclic amines) is 1. The summed E-state index contributed by atoms with van der Waals surface area (Å²) >= 11 is 1.49. The average molecular weight is 1150 g/mol. The van der Waals surface area contributed by atoms with Gasteiger partial charge in [-0.15, -0.1) is 11.3 Å². The van der Waals surface area contributed by atoms with E-state index in [1.807, 2.05) is 70.8 Å². The molecule has 3 aromatic carbocycles. The summed E-state index contributed by atoms with van der Waals surface area (Å²) in [7, 11) is 1.98. The fraction of sp³-hybridized carbons (Fsp3) is 0.424. The molecule has 0 aliphatic carbocycles. The fourth-order valence-corrected chi connectivity index (χ4v) is 11.4. The molecule has 2 unspecified atom stereocenters. The van der Waals surface area contributed by atoms with Gasteiger partial charge in [-0.2, -0.15) is 13.2 Å². The van der Waals surface area contributed by atoms with Crippen LogP contribution in [0, 0.1) is 25.6 Å². The number of likely N-dealkylation sites (N-methyl/N-ethyl adjacent to an activating group) is 1. The smallest absolute Gasteiger partial charge is 0.391 e. The number of benzene rings is 3. The van der Waals surface area contributed by atoms with Crippen molar-refractivity contribution in [2.24, 2.45) is 5.92 Å². The van der Waals surface area contributed by atoms with Gasteiger partial charge in [0.05, 0.1) is 62.8 Å². The fourth-order valence-electron chi connectivity index (χ4n) is 10.6. The molecule has 0 saturated carbocycles. The Bertz CT molecular complexity index is 3330. The van der Waals surface area contributed by atoms with Crippen molar-refractivity contribution in [3.8, 4) is 21.6 Å². The summed E-state index contributed by atoms with van der Waals surface area (Å²) in [4.78, 5) is 94.0. The molecule has 0 radical (unpaired) electrons. The maximum atomic E-state index is 15.7. The van der Waals surface area contributed by atoms with Gasteiger partial charge in [0.2, 0.25) is 23.3 Å². The number of hydrogen-bond acceptors (Lipinski definition) is 13. The van der Waals surface area contributed by atoms with E-state index in [-0.39, 0.29) is 84.7 Å². The van der Waals surface area contributed by atoms with Crippen LogP contribution in [0.25, 0.3) is 21.6 Å². The van der Waals surface area contributed by atoms with Crippen LogP contribution in [0.3, 0.4) is 0 Å². The number of hydrogen-bond donors (Lipinski definition) is 6. The second-order valence-electron chi connectivity index (χ2n) is 21.6. The van der Waals surface area contributed by atoms with Gasteiger partial charge < -0.3 is 45.7 Å². The number of aliphatic hydroxyl groups excluding tert-OH is 1. The average Bonchev–Trinajstić information content (AvgIpc) is 4.32. The summed E-state index contributed by atoms with van der Waals surface area (Å²) in [6.45, 7) is 12.9. The Kier molecular flexibility index (Phi) is 19.1. The molecule has 3 aromatic heterocycles. The highest BCUT2D eigenvalue weighted by molar-refractivity contribution is 7.13. The molecule has 18 nitrogen and oxygen atoms in total. The van der Waals surface area contributed by atoms with Crippen molar-refractivity contribution in [2.75, 3.05) is 50.0 Å². The van der Waals surface area contributed by atoms with Gasteiger partial charge in [0, 0.05) is 80.7 Å². The number of aromatic amines is 1. The van der Waals surface area contributed by atoms with Crippen LogP contribution in [0.2, 0.25) is 0 Å². The highest BCUT2D eigenvalue weighted by atomic mass is 32.1. The van der Waals surface area contributed by atoms with Crippen molar-refractivity contribution in [1.29, 1.82) is 0 Å². The molecule has 6 aromatic rings. The number of aromatic nitrogens is 3. The monoisotopic (exact) mass is 1150 g/mol. The molecule has 2 saturated heterocycles. The van der Waals surface area contributed by atoms with Crippen LogP contribution in [0.4, 0.5) is 28.9 Å². The molecule has 0 spiro atoms. The number of nitrogens with one attached hydrogen (secondary N) is 5. The van der Waals surface area contributed by atoms with Gasteiger partial charge in [-0.25, -0.2) is 9.37 Å². The van der Waals surface area contributed by atoms with E-state index in [9.17, 15) is 47.0 Å². The lowest BCUT2D eigenvalue weighted by atomic mass is 9.91. The molecule has 5 amide bonds. The molecule has 2 aliphatic rings. The molecule has 8 rings (SSSR count). The van der Waals surface area contributed by atoms with Crippen LogP contribution >= 0.6 is 11.3 Å². The predicted molar refractivity (Wildman–Crippen MR) is 303 cm³/mol. The van der Waals surface area contributed by atoms with Crippen molar-refractivity contribution in [3.63, 3.8) is 0 Å². The number of β-amino-alcohol motifs (C(OH)–C–C–N with tert-alkyl or cyclic N) is 1. The van der Waals surface area contributed by atoms with E-state index in [0.29, 0.717) is 67.3 Å². The van der Waals surface area contributed by atoms with Crippen molar-refractivity contribution in [3.05, 3.63) is 140 Å². The number of pyridine rings is 1. The number of amides is 5. The molecule has 2 aliphatic heterocycles. The first-order valence-electron chi connectivity index (χ1n) is 27.3. The maximum absolute atomic E-state index is 15.7. The second kappa shape index (κ2) is 26.0. The Morgan fingerprint density at radius 3 is 2.22 bits per heavy atom. The largest absolute Gasteiger partial charge is 0.417 e. The lowest BCUT2D eigenvalue weighted by Gasteiger charge is -2.44. The van der Waals surface area contributed by atoms with E-state index in [1.54, 1.807) is 30.6 Å². The zero-order valence-corrected chi connectivity index (χ0v) is 47.5. The second-order valence-corrected chi connectivity index (χ2v) is 22.4. The molecular formula is C59H68F4N10O8S. The summed E-state index contributed by atoms with van der Waals surface area (Å²) in [5, 5.41) is 26.2. The van der Waals surface area contributed by atoms with Gasteiger partial charge in [0.15, 0.2) is 0 Å². The van der Waals surface area contributed by atoms with Gasteiger partial charge in [0.25, 0.3) is 11.8 Å². The van der Waals surface area contributed by atoms with E-state index >= 15 is 4.39 Å². The minimum absolute atomic E-state index is 0.00118. The predicted octanol–water partition coefficient (Wildman–Crippen LogP) is 8.37. The summed E-state index contributed by atoms with van der Waals surface area (Å²) in [6.07, 6.45) is -3.73. The van der Waals surface area contributed by atoms with Crippen molar-refractivity contribution in [2.45, 2.75) is 116 Å². The van der Waals surface area contributed by atoms with Gasteiger partial charge in [-0.3, -0.25) is 33.7 Å². The van der Waals surface area contributed by atoms with Crippen molar-refractivity contribution in [1.82, 2.24) is 40.9 Å². The number of H-pyrrole nitrogens is 1. The quantitative estimate of drug-likeness (QED) is 0.0313. The highest BCUT2D eigenvalue weighted by Crippen LogP contribution is 2.38. The molecule has 2 fully saturated rings. The van der Waals surface area contributed by atoms with Gasteiger partial charge >= 0.3 is 6.18 Å². The Morgan fingerprint density at radius 1 is 0.878 bits per heavy atom. The molecule has 6 N–H and O–H groups in total. The first kappa shape index (κ1) is 60.3. The molecule has 436 valence electrons. The van der Waals surface area contributed by atoms with Gasteiger partial charge in [0.1, 0.15) is 23.5 Å². The summed E-state index contributed by atoms with van der Waals surface area (Å²) in [5.41, 5.74) is 2.46. The zero-order chi connectivity index (χ0) is 59.2. The third-order valence-corrected chi connectivity index (χ3v) is 16.2. The number of thiazole rings is 1. The molecule has 23 heteroatoms. The Hall–Kier alpha value is -7.76. The number of rotatable bonds is 20. The standard InChI is InChI=1S/C59H68F4N10O8S/c1-32(2)53(50-21-33(3)70-81-50)58(80)73-30-41(74)24-49(73)57(79)68-46(37-11-13-38(14-12-37)54-36(6)67-31-82-54)26-52(76)64-19-9-8-10-20-65-55(77)40-15-17-45(60)42(22-40)39-16-18-48(72-28-34(4)71(7)35(5)29-72)47(23-39)69-56(78)43-27-66-51(75)25-44(43)59(61,62)63/h11-18,21-23,25,27,31-32,34-35,41,46,49,53,74H,8-10,19-20,24,26,28-30H2,1-7H3,(H,64,76)(H,65,77)(H,66,75)(H,68,79)(H,69,78)/t34-,35+,41-,46?,49+,53?/m1/s1. The summed E-state index contributed by atoms with van der Waals surface area (Å²) in [5.74, 6) is -4.16. The van der Waals surface area contributed by atoms with E-state index < -0.39 is 70.5 Å². The minimum atomic E-state index is -5.02. The summed E-state index contributed by atoms with van der Waals surface area (Å²) < 4.78 is 63.3. The van der Waals surface area contributed by atoms with E-state index in [0.717, 1.165) is 22.2 Å². The molecule has 6 atom stereocenters. The third kappa shape index (κ3) is 14.3. The third-order valence-electron chi connectivity index (χ3n) is 15.2. The number of piperazine rings is 1. The van der Waals surface area contributed by atoms with Crippen LogP contribution in [-0.4, -0.2) is 124 Å². The Morgan fingerprint density at radius 2 is 1.57 bits per heavy atom. The molecular weight excluding hydrogens is 1080 g/mol. The van der Waals surface area contributed by atoms with Crippen LogP contribution in [0.1, 0.15) is 121 Å². The van der Waals surface area contributed by atoms with E-state index in [4.69, 9.17) is 4.52 Å². The molecule has 82 heavy (non-hydrogen) atoms. The van der Waals surface area contributed by atoms with Crippen molar-refractivity contribution >= 4 is 52.2 Å². The minimum Gasteiger partial charge on any atom is -0.391 e. The lowest BCUT2D eigenvalue weighted by molar-refractivity contribution is -0.141. The van der Waals surface area contributed by atoms with Crippen LogP contribution in [0.5, 0.6) is 0 Å². The van der Waals surface area contributed by atoms with Gasteiger partial charge in [-0.1, -0.05) is 49.3 Å². The number of aryl methyl sites for hydroxylation is 2. The summed E-state index contributed by atoms with van der Waals surface area (Å²) in [6, 6.07) is 16.3. The zero-order valence-electron chi connectivity index (χ0n) is 46.7. The van der Waals surface area contributed by atoms with Gasteiger partial charge in [-0.05, 0) is 107 Å². The van der Waals surface area contributed by atoms with Crippen molar-refractivity contribution < 1.29 is 51.2 Å². The Labute approximate surface area is 476 Å². The van der Waals surface area contributed by atoms with E-state index in [1.165, 1.54) is 34.4 Å². The lowest BCUT2D eigenvalue weighted by Crippen LogP contribution is -2.55. The number of nitrogens with zero attached hydrogens (tertiary/aromatic N) is 5.